The number of hydrogen-bond donors (Lipinski definition) is 0. The Morgan fingerprint density at radius 2 is 1.93 bits per heavy atom. The molecular formula is C21H22N6O2S. The summed E-state index contributed by atoms with van der Waals surface area (Å²) in [5.74, 6) is 0.755. The Morgan fingerprint density at radius 3 is 2.70 bits per heavy atom. The topological polar surface area (TPSA) is 89.5 Å². The second-order valence-electron chi connectivity index (χ2n) is 7.02. The fourth-order valence-electron chi connectivity index (χ4n) is 3.42. The standard InChI is InChI=1S/C21H22N6O2S/c28-27(29)19-9-10-20(25-11-5-2-6-12-25)18(13-19)14-23-26-16-22-24-21(26)30-15-17-7-3-1-4-8-17/h1,3-4,7-10,13-14,16H,2,5-6,11-12,15H2/b23-14-. The van der Waals surface area contributed by atoms with Crippen LogP contribution in [0.4, 0.5) is 11.4 Å². The van der Waals surface area contributed by atoms with Gasteiger partial charge < -0.3 is 4.90 Å². The number of hydrogen-bond acceptors (Lipinski definition) is 7. The van der Waals surface area contributed by atoms with E-state index in [9.17, 15) is 10.1 Å². The Labute approximate surface area is 178 Å². The Bertz CT molecular complexity index is 1030. The van der Waals surface area contributed by atoms with Crippen molar-refractivity contribution in [2.24, 2.45) is 5.10 Å². The number of nitro groups is 1. The molecule has 1 saturated heterocycles. The smallest absolute Gasteiger partial charge is 0.270 e. The maximum atomic E-state index is 11.3. The zero-order valence-electron chi connectivity index (χ0n) is 16.4. The third kappa shape index (κ3) is 4.85. The van der Waals surface area contributed by atoms with E-state index in [0.717, 1.165) is 42.9 Å². The van der Waals surface area contributed by atoms with Gasteiger partial charge in [0.25, 0.3) is 5.69 Å². The van der Waals surface area contributed by atoms with Crippen molar-refractivity contribution in [2.75, 3.05) is 18.0 Å². The first-order valence-corrected chi connectivity index (χ1v) is 10.8. The van der Waals surface area contributed by atoms with Crippen molar-refractivity contribution in [3.8, 4) is 0 Å². The van der Waals surface area contributed by atoms with Crippen molar-refractivity contribution in [3.63, 3.8) is 0 Å². The molecule has 0 saturated carbocycles. The van der Waals surface area contributed by atoms with Gasteiger partial charge in [0.05, 0.1) is 11.1 Å². The van der Waals surface area contributed by atoms with Crippen LogP contribution in [-0.4, -0.2) is 39.1 Å². The molecule has 9 heteroatoms. The molecule has 2 aromatic carbocycles. The predicted octanol–water partition coefficient (Wildman–Crippen LogP) is 4.35. The van der Waals surface area contributed by atoms with Crippen LogP contribution in [0.15, 0.2) is 65.1 Å². The first-order valence-electron chi connectivity index (χ1n) is 9.85. The highest BCUT2D eigenvalue weighted by atomic mass is 32.2. The number of anilines is 1. The van der Waals surface area contributed by atoms with E-state index in [0.29, 0.717) is 5.16 Å². The number of piperidine rings is 1. The Morgan fingerprint density at radius 1 is 1.13 bits per heavy atom. The maximum Gasteiger partial charge on any atom is 0.270 e. The number of thioether (sulfide) groups is 1. The van der Waals surface area contributed by atoms with Gasteiger partial charge in [0.1, 0.15) is 6.33 Å². The molecule has 8 nitrogen and oxygen atoms in total. The number of aromatic nitrogens is 3. The Balaban J connectivity index is 1.56. The monoisotopic (exact) mass is 422 g/mol. The summed E-state index contributed by atoms with van der Waals surface area (Å²) in [5.41, 5.74) is 2.93. The first-order chi connectivity index (χ1) is 14.7. The lowest BCUT2D eigenvalue weighted by Crippen LogP contribution is -2.30. The van der Waals surface area contributed by atoms with E-state index in [2.05, 4.69) is 32.3 Å². The molecule has 4 rings (SSSR count). The van der Waals surface area contributed by atoms with E-state index < -0.39 is 0 Å². The average molecular weight is 423 g/mol. The highest BCUT2D eigenvalue weighted by molar-refractivity contribution is 7.98. The fourth-order valence-corrected chi connectivity index (χ4v) is 4.24. The fraction of sp³-hybridized carbons (Fsp3) is 0.286. The van der Waals surface area contributed by atoms with Crippen LogP contribution in [0.1, 0.15) is 30.4 Å². The lowest BCUT2D eigenvalue weighted by Gasteiger charge is -2.29. The summed E-state index contributed by atoms with van der Waals surface area (Å²) in [6.45, 7) is 1.90. The molecule has 1 aromatic heterocycles. The predicted molar refractivity (Wildman–Crippen MR) is 118 cm³/mol. The van der Waals surface area contributed by atoms with Gasteiger partial charge in [-0.15, -0.1) is 10.2 Å². The van der Waals surface area contributed by atoms with Crippen LogP contribution in [-0.2, 0) is 5.75 Å². The largest absolute Gasteiger partial charge is 0.371 e. The van der Waals surface area contributed by atoms with E-state index in [1.807, 2.05) is 24.3 Å². The normalized spacial score (nSPS) is 14.3. The number of benzene rings is 2. The Kier molecular flexibility index (Phi) is 6.38. The van der Waals surface area contributed by atoms with Gasteiger partial charge >= 0.3 is 0 Å². The van der Waals surface area contributed by atoms with E-state index in [-0.39, 0.29) is 10.6 Å². The first kappa shape index (κ1) is 20.1. The molecule has 0 aliphatic carbocycles. The third-order valence-corrected chi connectivity index (χ3v) is 5.96. The molecule has 1 fully saturated rings. The molecular weight excluding hydrogens is 400 g/mol. The van der Waals surface area contributed by atoms with Crippen molar-refractivity contribution in [1.29, 1.82) is 0 Å². The zero-order valence-corrected chi connectivity index (χ0v) is 17.2. The van der Waals surface area contributed by atoms with Crippen molar-refractivity contribution < 1.29 is 4.92 Å². The molecule has 154 valence electrons. The highest BCUT2D eigenvalue weighted by Gasteiger charge is 2.17. The SMILES string of the molecule is O=[N+]([O-])c1ccc(N2CCCCC2)c(/C=N\n2cnnc2SCc2ccccc2)c1. The molecule has 0 radical (unpaired) electrons. The summed E-state index contributed by atoms with van der Waals surface area (Å²) in [6.07, 6.45) is 6.67. The van der Waals surface area contributed by atoms with Crippen molar-refractivity contribution >= 4 is 29.4 Å². The minimum absolute atomic E-state index is 0.0552. The quantitative estimate of drug-likeness (QED) is 0.243. The van der Waals surface area contributed by atoms with Crippen molar-refractivity contribution in [1.82, 2.24) is 14.9 Å². The van der Waals surface area contributed by atoms with Crippen LogP contribution < -0.4 is 4.90 Å². The summed E-state index contributed by atoms with van der Waals surface area (Å²) in [4.78, 5) is 13.2. The third-order valence-electron chi connectivity index (χ3n) is 4.95. The van der Waals surface area contributed by atoms with Crippen LogP contribution in [0, 0.1) is 10.1 Å². The van der Waals surface area contributed by atoms with Gasteiger partial charge in [-0.3, -0.25) is 10.1 Å². The lowest BCUT2D eigenvalue weighted by molar-refractivity contribution is -0.384. The van der Waals surface area contributed by atoms with Gasteiger partial charge in [0.2, 0.25) is 5.16 Å². The second kappa shape index (κ2) is 9.53. The molecule has 0 amide bonds. The van der Waals surface area contributed by atoms with Crippen LogP contribution in [0.2, 0.25) is 0 Å². The summed E-state index contributed by atoms with van der Waals surface area (Å²) in [6, 6.07) is 15.1. The summed E-state index contributed by atoms with van der Waals surface area (Å²) < 4.78 is 1.60. The molecule has 0 atom stereocenters. The van der Waals surface area contributed by atoms with Gasteiger partial charge in [-0.1, -0.05) is 42.1 Å². The number of non-ortho nitro benzene ring substituents is 1. The zero-order chi connectivity index (χ0) is 20.8. The van der Waals surface area contributed by atoms with Crippen LogP contribution >= 0.6 is 11.8 Å². The van der Waals surface area contributed by atoms with E-state index >= 15 is 0 Å². The van der Waals surface area contributed by atoms with Crippen LogP contribution in [0.5, 0.6) is 0 Å². The average Bonchev–Trinajstić information content (AvgIpc) is 3.24. The van der Waals surface area contributed by atoms with Gasteiger partial charge in [0, 0.05) is 42.2 Å². The molecule has 3 aromatic rings. The van der Waals surface area contributed by atoms with Gasteiger partial charge in [-0.2, -0.15) is 9.78 Å². The maximum absolute atomic E-state index is 11.3. The van der Waals surface area contributed by atoms with E-state index in [4.69, 9.17) is 0 Å². The van der Waals surface area contributed by atoms with Crippen LogP contribution in [0.25, 0.3) is 0 Å². The molecule has 0 bridgehead atoms. The summed E-state index contributed by atoms with van der Waals surface area (Å²) >= 11 is 1.54. The minimum Gasteiger partial charge on any atom is -0.371 e. The molecule has 2 heterocycles. The Hall–Kier alpha value is -3.20. The van der Waals surface area contributed by atoms with E-state index in [1.54, 1.807) is 29.4 Å². The summed E-state index contributed by atoms with van der Waals surface area (Å²) in [7, 11) is 0. The number of rotatable bonds is 7. The van der Waals surface area contributed by atoms with Crippen molar-refractivity contribution in [2.45, 2.75) is 30.2 Å². The molecule has 1 aliphatic heterocycles. The van der Waals surface area contributed by atoms with Gasteiger partial charge in [-0.05, 0) is 30.9 Å². The molecule has 0 unspecified atom stereocenters. The van der Waals surface area contributed by atoms with Gasteiger partial charge in [-0.25, -0.2) is 0 Å². The van der Waals surface area contributed by atoms with E-state index in [1.165, 1.54) is 23.7 Å². The van der Waals surface area contributed by atoms with Crippen LogP contribution in [0.3, 0.4) is 0 Å². The van der Waals surface area contributed by atoms with Crippen molar-refractivity contribution in [3.05, 3.63) is 76.1 Å². The highest BCUT2D eigenvalue weighted by Crippen LogP contribution is 2.27. The number of nitro benzene ring substituents is 1. The lowest BCUT2D eigenvalue weighted by atomic mass is 10.1. The second-order valence-corrected chi connectivity index (χ2v) is 7.97. The minimum atomic E-state index is -0.378. The molecule has 0 N–H and O–H groups in total. The molecule has 0 spiro atoms. The number of nitrogens with zero attached hydrogens (tertiary/aromatic N) is 6. The summed E-state index contributed by atoms with van der Waals surface area (Å²) in [5, 5.41) is 24.5. The molecule has 30 heavy (non-hydrogen) atoms. The molecule has 1 aliphatic rings. The van der Waals surface area contributed by atoms with Gasteiger partial charge in [0.15, 0.2) is 0 Å².